The molecule has 5 heteroatoms. The summed E-state index contributed by atoms with van der Waals surface area (Å²) in [4.78, 5) is 12.0. The third-order valence-corrected chi connectivity index (χ3v) is 3.45. The van der Waals surface area contributed by atoms with E-state index in [2.05, 4.69) is 5.32 Å². The van der Waals surface area contributed by atoms with Crippen LogP contribution in [0.4, 0.5) is 0 Å². The molecule has 0 bridgehead atoms. The SMILES string of the molecule is COc1cccc2cc(C(=O)NCCC(O)C(C)C)oc12. The summed E-state index contributed by atoms with van der Waals surface area (Å²) in [6.45, 7) is 4.29. The topological polar surface area (TPSA) is 71.7 Å². The van der Waals surface area contributed by atoms with Crippen LogP contribution in [-0.4, -0.2) is 30.8 Å². The van der Waals surface area contributed by atoms with Crippen LogP contribution in [-0.2, 0) is 0 Å². The number of benzene rings is 1. The van der Waals surface area contributed by atoms with Crippen molar-refractivity contribution in [1.29, 1.82) is 0 Å². The first kappa shape index (κ1) is 15.4. The monoisotopic (exact) mass is 291 g/mol. The first-order valence-electron chi connectivity index (χ1n) is 7.05. The van der Waals surface area contributed by atoms with Crippen molar-refractivity contribution in [2.24, 2.45) is 5.92 Å². The molecule has 0 aliphatic heterocycles. The van der Waals surface area contributed by atoms with E-state index in [0.29, 0.717) is 24.3 Å². The number of rotatable bonds is 6. The van der Waals surface area contributed by atoms with Crippen molar-refractivity contribution in [3.05, 3.63) is 30.0 Å². The van der Waals surface area contributed by atoms with Gasteiger partial charge in [0, 0.05) is 11.9 Å². The molecule has 0 aliphatic rings. The van der Waals surface area contributed by atoms with Crippen LogP contribution < -0.4 is 10.1 Å². The molecule has 0 saturated carbocycles. The molecule has 1 heterocycles. The van der Waals surface area contributed by atoms with Gasteiger partial charge >= 0.3 is 0 Å². The molecule has 5 nitrogen and oxygen atoms in total. The second-order valence-corrected chi connectivity index (χ2v) is 5.35. The lowest BCUT2D eigenvalue weighted by Gasteiger charge is -2.13. The normalized spacial score (nSPS) is 12.6. The van der Waals surface area contributed by atoms with Gasteiger partial charge in [0.2, 0.25) is 0 Å². The number of carbonyl (C=O) groups excluding carboxylic acids is 1. The molecule has 1 amide bonds. The Morgan fingerprint density at radius 2 is 2.19 bits per heavy atom. The zero-order valence-electron chi connectivity index (χ0n) is 12.6. The van der Waals surface area contributed by atoms with Gasteiger partial charge in [-0.25, -0.2) is 0 Å². The number of fused-ring (bicyclic) bond motifs is 1. The van der Waals surface area contributed by atoms with E-state index in [9.17, 15) is 9.90 Å². The number of furan rings is 1. The largest absolute Gasteiger partial charge is 0.493 e. The first-order valence-corrected chi connectivity index (χ1v) is 7.05. The molecule has 0 fully saturated rings. The Morgan fingerprint density at radius 1 is 1.43 bits per heavy atom. The van der Waals surface area contributed by atoms with Gasteiger partial charge in [0.25, 0.3) is 5.91 Å². The van der Waals surface area contributed by atoms with E-state index < -0.39 is 6.10 Å². The summed E-state index contributed by atoms with van der Waals surface area (Å²) in [5.41, 5.74) is 0.562. The molecular formula is C16H21NO4. The molecule has 2 N–H and O–H groups in total. The van der Waals surface area contributed by atoms with Crippen molar-refractivity contribution in [3.8, 4) is 5.75 Å². The molecule has 2 aromatic rings. The van der Waals surface area contributed by atoms with Crippen LogP contribution in [0.25, 0.3) is 11.0 Å². The minimum atomic E-state index is -0.416. The minimum Gasteiger partial charge on any atom is -0.493 e. The van der Waals surface area contributed by atoms with Crippen LogP contribution in [0.3, 0.4) is 0 Å². The van der Waals surface area contributed by atoms with Crippen molar-refractivity contribution in [3.63, 3.8) is 0 Å². The first-order chi connectivity index (χ1) is 10.0. The Labute approximate surface area is 123 Å². The van der Waals surface area contributed by atoms with Crippen LogP contribution in [0, 0.1) is 5.92 Å². The fourth-order valence-electron chi connectivity index (χ4n) is 2.06. The van der Waals surface area contributed by atoms with Gasteiger partial charge in [-0.15, -0.1) is 0 Å². The average Bonchev–Trinajstić information content (AvgIpc) is 2.90. The lowest BCUT2D eigenvalue weighted by Crippen LogP contribution is -2.28. The van der Waals surface area contributed by atoms with E-state index in [1.165, 1.54) is 0 Å². The molecule has 1 aromatic heterocycles. The van der Waals surface area contributed by atoms with Gasteiger partial charge < -0.3 is 19.6 Å². The lowest BCUT2D eigenvalue weighted by atomic mass is 10.0. The summed E-state index contributed by atoms with van der Waals surface area (Å²) in [5, 5.41) is 13.3. The van der Waals surface area contributed by atoms with Gasteiger partial charge in [-0.3, -0.25) is 4.79 Å². The Hall–Kier alpha value is -2.01. The van der Waals surface area contributed by atoms with Crippen molar-refractivity contribution < 1.29 is 19.1 Å². The zero-order valence-corrected chi connectivity index (χ0v) is 12.6. The number of carbonyl (C=O) groups is 1. The quantitative estimate of drug-likeness (QED) is 0.858. The standard InChI is InChI=1S/C16H21NO4/c1-10(2)12(18)7-8-17-16(19)14-9-11-5-4-6-13(20-3)15(11)21-14/h4-6,9-10,12,18H,7-8H2,1-3H3,(H,17,19). The van der Waals surface area contributed by atoms with E-state index in [0.717, 1.165) is 5.39 Å². The average molecular weight is 291 g/mol. The van der Waals surface area contributed by atoms with Crippen LogP contribution >= 0.6 is 0 Å². The smallest absolute Gasteiger partial charge is 0.287 e. The van der Waals surface area contributed by atoms with Crippen molar-refractivity contribution in [1.82, 2.24) is 5.32 Å². The second-order valence-electron chi connectivity index (χ2n) is 5.35. The van der Waals surface area contributed by atoms with E-state index in [1.54, 1.807) is 19.2 Å². The molecule has 0 spiro atoms. The minimum absolute atomic E-state index is 0.178. The molecule has 1 unspecified atom stereocenters. The number of hydrogen-bond donors (Lipinski definition) is 2. The van der Waals surface area contributed by atoms with Crippen LogP contribution in [0.5, 0.6) is 5.75 Å². The van der Waals surface area contributed by atoms with Gasteiger partial charge in [0.1, 0.15) is 0 Å². The third-order valence-electron chi connectivity index (χ3n) is 3.45. The fraction of sp³-hybridized carbons (Fsp3) is 0.438. The highest BCUT2D eigenvalue weighted by atomic mass is 16.5. The number of methoxy groups -OCH3 is 1. The van der Waals surface area contributed by atoms with Gasteiger partial charge in [0.15, 0.2) is 17.1 Å². The second kappa shape index (κ2) is 6.63. The van der Waals surface area contributed by atoms with Crippen molar-refractivity contribution >= 4 is 16.9 Å². The summed E-state index contributed by atoms with van der Waals surface area (Å²) in [6, 6.07) is 7.18. The summed E-state index contributed by atoms with van der Waals surface area (Å²) >= 11 is 0. The van der Waals surface area contributed by atoms with Crippen molar-refractivity contribution in [2.75, 3.05) is 13.7 Å². The molecule has 1 atom stereocenters. The van der Waals surface area contributed by atoms with E-state index in [1.807, 2.05) is 26.0 Å². The number of ether oxygens (including phenoxy) is 1. The van der Waals surface area contributed by atoms with Gasteiger partial charge in [-0.1, -0.05) is 26.0 Å². The Kier molecular flexibility index (Phi) is 4.85. The van der Waals surface area contributed by atoms with Crippen LogP contribution in [0.15, 0.2) is 28.7 Å². The fourth-order valence-corrected chi connectivity index (χ4v) is 2.06. The third kappa shape index (κ3) is 3.55. The highest BCUT2D eigenvalue weighted by Crippen LogP contribution is 2.28. The summed E-state index contributed by atoms with van der Waals surface area (Å²) in [5.74, 6) is 0.733. The summed E-state index contributed by atoms with van der Waals surface area (Å²) in [7, 11) is 1.56. The molecule has 0 radical (unpaired) electrons. The predicted molar refractivity (Wildman–Crippen MR) is 80.6 cm³/mol. The van der Waals surface area contributed by atoms with Crippen molar-refractivity contribution in [2.45, 2.75) is 26.4 Å². The Bertz CT molecular complexity index is 618. The zero-order chi connectivity index (χ0) is 15.4. The maximum Gasteiger partial charge on any atom is 0.287 e. The van der Waals surface area contributed by atoms with Gasteiger partial charge in [0.05, 0.1) is 13.2 Å². The van der Waals surface area contributed by atoms with E-state index in [-0.39, 0.29) is 17.6 Å². The maximum atomic E-state index is 12.0. The highest BCUT2D eigenvalue weighted by Gasteiger charge is 2.15. The number of nitrogens with one attached hydrogen (secondary N) is 1. The van der Waals surface area contributed by atoms with Crippen LogP contribution in [0.2, 0.25) is 0 Å². The molecule has 1 aromatic carbocycles. The number of aliphatic hydroxyl groups is 1. The lowest BCUT2D eigenvalue weighted by molar-refractivity contribution is 0.0896. The molecule has 21 heavy (non-hydrogen) atoms. The molecule has 0 aliphatic carbocycles. The molecule has 114 valence electrons. The van der Waals surface area contributed by atoms with Gasteiger partial charge in [-0.2, -0.15) is 0 Å². The Balaban J connectivity index is 2.03. The Morgan fingerprint density at radius 3 is 2.86 bits per heavy atom. The van der Waals surface area contributed by atoms with Gasteiger partial charge in [-0.05, 0) is 24.5 Å². The van der Waals surface area contributed by atoms with E-state index >= 15 is 0 Å². The number of amides is 1. The van der Waals surface area contributed by atoms with E-state index in [4.69, 9.17) is 9.15 Å². The molecule has 2 rings (SSSR count). The maximum absolute atomic E-state index is 12.0. The van der Waals surface area contributed by atoms with Crippen LogP contribution in [0.1, 0.15) is 30.8 Å². The number of aliphatic hydroxyl groups excluding tert-OH is 1. The summed E-state index contributed by atoms with van der Waals surface area (Å²) in [6.07, 6.45) is 0.105. The number of para-hydroxylation sites is 1. The molecular weight excluding hydrogens is 270 g/mol. The molecule has 0 saturated heterocycles. The highest BCUT2D eigenvalue weighted by molar-refractivity contribution is 5.97. The predicted octanol–water partition coefficient (Wildman–Crippen LogP) is 2.58. The summed E-state index contributed by atoms with van der Waals surface area (Å²) < 4.78 is 10.8. The number of hydrogen-bond acceptors (Lipinski definition) is 4.